The predicted molar refractivity (Wildman–Crippen MR) is 69.6 cm³/mol. The Balaban J connectivity index is 2.11. The summed E-state index contributed by atoms with van der Waals surface area (Å²) in [6, 6.07) is 0. The van der Waals surface area contributed by atoms with Crippen molar-refractivity contribution in [1.82, 2.24) is 4.90 Å². The van der Waals surface area contributed by atoms with E-state index in [0.717, 1.165) is 18.4 Å². The Labute approximate surface area is 101 Å². The molecule has 0 aromatic rings. The normalized spacial score (nSPS) is 26.2. The zero-order valence-corrected chi connectivity index (χ0v) is 11.1. The molecule has 0 radical (unpaired) electrons. The zero-order valence-electron chi connectivity index (χ0n) is 11.1. The highest BCUT2D eigenvalue weighted by atomic mass is 16.3. The second kappa shape index (κ2) is 8.08. The molecule has 1 N–H and O–H groups in total. The highest BCUT2D eigenvalue weighted by Crippen LogP contribution is 2.32. The monoisotopic (exact) mass is 227 g/mol. The van der Waals surface area contributed by atoms with Crippen LogP contribution < -0.4 is 0 Å². The summed E-state index contributed by atoms with van der Waals surface area (Å²) in [4.78, 5) is 2.27. The molecule has 2 heteroatoms. The average Bonchev–Trinajstić information content (AvgIpc) is 2.28. The zero-order chi connectivity index (χ0) is 11.8. The largest absolute Gasteiger partial charge is 0.395 e. The summed E-state index contributed by atoms with van der Waals surface area (Å²) >= 11 is 0. The van der Waals surface area contributed by atoms with Crippen LogP contribution in [0, 0.1) is 11.8 Å². The van der Waals surface area contributed by atoms with Gasteiger partial charge < -0.3 is 10.0 Å². The lowest BCUT2D eigenvalue weighted by Crippen LogP contribution is -2.30. The maximum absolute atomic E-state index is 8.86. The van der Waals surface area contributed by atoms with Crippen molar-refractivity contribution in [3.8, 4) is 0 Å². The van der Waals surface area contributed by atoms with Gasteiger partial charge in [-0.1, -0.05) is 39.0 Å². The first kappa shape index (κ1) is 14.0. The molecule has 2 nitrogen and oxygen atoms in total. The van der Waals surface area contributed by atoms with Gasteiger partial charge in [-0.05, 0) is 31.7 Å². The van der Waals surface area contributed by atoms with Gasteiger partial charge in [-0.3, -0.25) is 0 Å². The highest BCUT2D eigenvalue weighted by Gasteiger charge is 2.21. The number of hydrogen-bond acceptors (Lipinski definition) is 2. The Morgan fingerprint density at radius 1 is 1.12 bits per heavy atom. The van der Waals surface area contributed by atoms with Crippen molar-refractivity contribution in [2.24, 2.45) is 11.8 Å². The maximum atomic E-state index is 8.86. The molecule has 0 saturated heterocycles. The Hall–Kier alpha value is -0.0800. The molecule has 0 bridgehead atoms. The van der Waals surface area contributed by atoms with E-state index < -0.39 is 0 Å². The summed E-state index contributed by atoms with van der Waals surface area (Å²) in [5.74, 6) is 1.90. The molecule has 1 aliphatic carbocycles. The van der Waals surface area contributed by atoms with Gasteiger partial charge in [-0.25, -0.2) is 0 Å². The van der Waals surface area contributed by atoms with Crippen LogP contribution in [0.5, 0.6) is 0 Å². The molecule has 0 heterocycles. The molecule has 0 atom stereocenters. The summed E-state index contributed by atoms with van der Waals surface area (Å²) in [5.41, 5.74) is 0. The van der Waals surface area contributed by atoms with Crippen molar-refractivity contribution in [2.45, 2.75) is 51.9 Å². The number of aliphatic hydroxyl groups excluding tert-OH is 1. The van der Waals surface area contributed by atoms with Crippen molar-refractivity contribution in [3.05, 3.63) is 0 Å². The second-order valence-electron chi connectivity index (χ2n) is 5.51. The quantitative estimate of drug-likeness (QED) is 0.723. The van der Waals surface area contributed by atoms with Crippen LogP contribution in [0.3, 0.4) is 0 Å². The van der Waals surface area contributed by atoms with E-state index in [0.29, 0.717) is 6.61 Å². The Bertz CT molecular complexity index is 164. The molecular formula is C14H29NO. The van der Waals surface area contributed by atoms with Crippen LogP contribution in [-0.2, 0) is 0 Å². The molecular weight excluding hydrogens is 198 g/mol. The van der Waals surface area contributed by atoms with Crippen molar-refractivity contribution >= 4 is 0 Å². The van der Waals surface area contributed by atoms with Gasteiger partial charge in [-0.15, -0.1) is 0 Å². The van der Waals surface area contributed by atoms with Crippen LogP contribution >= 0.6 is 0 Å². The lowest BCUT2D eigenvalue weighted by Gasteiger charge is -2.31. The first-order valence-corrected chi connectivity index (χ1v) is 7.05. The van der Waals surface area contributed by atoms with Gasteiger partial charge in [0.05, 0.1) is 6.61 Å². The number of unbranched alkanes of at least 4 members (excludes halogenated alkanes) is 1. The minimum Gasteiger partial charge on any atom is -0.395 e. The van der Waals surface area contributed by atoms with E-state index in [2.05, 4.69) is 18.9 Å². The molecule has 1 rings (SSSR count). The third kappa shape index (κ3) is 5.31. The smallest absolute Gasteiger partial charge is 0.0558 e. The fraction of sp³-hybridized carbons (Fsp3) is 1.00. The van der Waals surface area contributed by atoms with E-state index in [-0.39, 0.29) is 0 Å². The van der Waals surface area contributed by atoms with Gasteiger partial charge in [0, 0.05) is 13.1 Å². The lowest BCUT2D eigenvalue weighted by atomic mass is 9.79. The van der Waals surface area contributed by atoms with Crippen molar-refractivity contribution in [2.75, 3.05) is 26.7 Å². The summed E-state index contributed by atoms with van der Waals surface area (Å²) in [5, 5.41) is 8.86. The topological polar surface area (TPSA) is 23.5 Å². The van der Waals surface area contributed by atoms with E-state index in [4.69, 9.17) is 5.11 Å². The molecule has 96 valence electrons. The SMILES string of the molecule is CCCCC1CCC(CN(C)CCO)CC1. The third-order valence-corrected chi connectivity index (χ3v) is 3.98. The summed E-state index contributed by atoms with van der Waals surface area (Å²) < 4.78 is 0. The highest BCUT2D eigenvalue weighted by molar-refractivity contribution is 4.74. The second-order valence-corrected chi connectivity index (χ2v) is 5.51. The third-order valence-electron chi connectivity index (χ3n) is 3.98. The van der Waals surface area contributed by atoms with Crippen LogP contribution in [-0.4, -0.2) is 36.8 Å². The number of hydrogen-bond donors (Lipinski definition) is 1. The Morgan fingerprint density at radius 2 is 1.75 bits per heavy atom. The molecule has 1 aliphatic rings. The molecule has 0 aromatic heterocycles. The van der Waals surface area contributed by atoms with Crippen molar-refractivity contribution in [3.63, 3.8) is 0 Å². The van der Waals surface area contributed by atoms with Crippen LogP contribution in [0.1, 0.15) is 51.9 Å². The average molecular weight is 227 g/mol. The fourth-order valence-electron chi connectivity index (χ4n) is 2.90. The van der Waals surface area contributed by atoms with Gasteiger partial charge in [0.2, 0.25) is 0 Å². The number of aliphatic hydroxyl groups is 1. The van der Waals surface area contributed by atoms with Crippen LogP contribution in [0.25, 0.3) is 0 Å². The van der Waals surface area contributed by atoms with Gasteiger partial charge in [-0.2, -0.15) is 0 Å². The lowest BCUT2D eigenvalue weighted by molar-refractivity contribution is 0.169. The van der Waals surface area contributed by atoms with E-state index in [9.17, 15) is 0 Å². The Kier molecular flexibility index (Phi) is 7.06. The first-order valence-electron chi connectivity index (χ1n) is 7.05. The van der Waals surface area contributed by atoms with E-state index in [1.165, 1.54) is 51.5 Å². The molecule has 0 aromatic carbocycles. The predicted octanol–water partition coefficient (Wildman–Crippen LogP) is 2.91. The molecule has 0 aliphatic heterocycles. The van der Waals surface area contributed by atoms with E-state index in [1.807, 2.05) is 0 Å². The molecule has 0 spiro atoms. The Morgan fingerprint density at radius 3 is 2.31 bits per heavy atom. The first-order chi connectivity index (χ1) is 7.76. The molecule has 16 heavy (non-hydrogen) atoms. The van der Waals surface area contributed by atoms with Gasteiger partial charge in [0.15, 0.2) is 0 Å². The summed E-state index contributed by atoms with van der Waals surface area (Å²) in [6.45, 7) is 4.59. The molecule has 1 saturated carbocycles. The van der Waals surface area contributed by atoms with Gasteiger partial charge in [0.1, 0.15) is 0 Å². The van der Waals surface area contributed by atoms with Crippen molar-refractivity contribution < 1.29 is 5.11 Å². The number of rotatable bonds is 7. The van der Waals surface area contributed by atoms with Crippen LogP contribution in [0.4, 0.5) is 0 Å². The summed E-state index contributed by atoms with van der Waals surface area (Å²) in [7, 11) is 2.12. The van der Waals surface area contributed by atoms with E-state index >= 15 is 0 Å². The molecule has 1 fully saturated rings. The van der Waals surface area contributed by atoms with Crippen molar-refractivity contribution in [1.29, 1.82) is 0 Å². The van der Waals surface area contributed by atoms with Crippen LogP contribution in [0.15, 0.2) is 0 Å². The molecule has 0 amide bonds. The maximum Gasteiger partial charge on any atom is 0.0558 e. The van der Waals surface area contributed by atoms with E-state index in [1.54, 1.807) is 0 Å². The van der Waals surface area contributed by atoms with Crippen LogP contribution in [0.2, 0.25) is 0 Å². The van der Waals surface area contributed by atoms with Gasteiger partial charge in [0.25, 0.3) is 0 Å². The standard InChI is InChI=1S/C14H29NO/c1-3-4-5-13-6-8-14(9-7-13)12-15(2)10-11-16/h13-14,16H,3-12H2,1-2H3. The van der Waals surface area contributed by atoms with Gasteiger partial charge >= 0.3 is 0 Å². The minimum atomic E-state index is 0.294. The summed E-state index contributed by atoms with van der Waals surface area (Å²) in [6.07, 6.45) is 9.91. The fourth-order valence-corrected chi connectivity index (χ4v) is 2.90. The number of nitrogens with zero attached hydrogens (tertiary/aromatic N) is 1. The minimum absolute atomic E-state index is 0.294. The number of likely N-dealkylation sites (N-methyl/N-ethyl adjacent to an activating group) is 1. The molecule has 0 unspecified atom stereocenters.